The average molecular weight is 353 g/mol. The van der Waals surface area contributed by atoms with Gasteiger partial charge in [0.05, 0.1) is 5.38 Å². The Bertz CT molecular complexity index is 587. The first-order valence-electron chi connectivity index (χ1n) is 7.51. The lowest BCUT2D eigenvalue weighted by Gasteiger charge is -2.16. The molecule has 118 valence electrons. The molecule has 0 N–H and O–H groups in total. The predicted molar refractivity (Wildman–Crippen MR) is 101 cm³/mol. The van der Waals surface area contributed by atoms with Crippen molar-refractivity contribution in [1.82, 2.24) is 0 Å². The fourth-order valence-corrected chi connectivity index (χ4v) is 4.53. The van der Waals surface area contributed by atoms with E-state index in [1.165, 1.54) is 21.6 Å². The summed E-state index contributed by atoms with van der Waals surface area (Å²) < 4.78 is 0. The summed E-state index contributed by atoms with van der Waals surface area (Å²) in [6, 6.07) is 14.6. The number of benzene rings is 2. The van der Waals surface area contributed by atoms with E-state index in [0.717, 1.165) is 17.7 Å². The van der Waals surface area contributed by atoms with E-state index in [2.05, 4.69) is 45.0 Å². The summed E-state index contributed by atoms with van der Waals surface area (Å²) in [6.07, 6.45) is 0.782. The summed E-state index contributed by atoms with van der Waals surface area (Å²) in [5.74, 6) is 0.877. The van der Waals surface area contributed by atoms with Crippen LogP contribution in [0.5, 0.6) is 0 Å². The normalized spacial score (nSPS) is 13.9. The molecule has 0 bridgehead atoms. The zero-order valence-electron chi connectivity index (χ0n) is 13.3. The molecule has 0 fully saturated rings. The zero-order chi connectivity index (χ0) is 16.1. The van der Waals surface area contributed by atoms with Gasteiger partial charge in [-0.25, -0.2) is 0 Å². The molecule has 0 nitrogen and oxygen atoms in total. The molecule has 2 aromatic rings. The molecule has 0 spiro atoms. The molecular formula is C19H22Cl2S. The largest absolute Gasteiger partial charge is 0.124 e. The first kappa shape index (κ1) is 17.7. The van der Waals surface area contributed by atoms with Gasteiger partial charge in [0.1, 0.15) is 0 Å². The van der Waals surface area contributed by atoms with E-state index in [9.17, 15) is 0 Å². The lowest BCUT2D eigenvalue weighted by molar-refractivity contribution is 0.784. The van der Waals surface area contributed by atoms with Crippen molar-refractivity contribution in [3.05, 3.63) is 64.7 Å². The summed E-state index contributed by atoms with van der Waals surface area (Å²) in [5.41, 5.74) is 5.11. The Morgan fingerprint density at radius 3 is 2.14 bits per heavy atom. The summed E-state index contributed by atoms with van der Waals surface area (Å²) in [4.78, 5) is 1.35. The van der Waals surface area contributed by atoms with Gasteiger partial charge in [0, 0.05) is 16.0 Å². The molecule has 0 saturated carbocycles. The summed E-state index contributed by atoms with van der Waals surface area (Å²) in [6.45, 7) is 6.47. The number of alkyl halides is 2. The van der Waals surface area contributed by atoms with Gasteiger partial charge in [0.15, 0.2) is 0 Å². The van der Waals surface area contributed by atoms with Crippen LogP contribution in [0, 0.1) is 20.8 Å². The third-order valence-corrected chi connectivity index (χ3v) is 6.08. The zero-order valence-corrected chi connectivity index (χ0v) is 15.6. The van der Waals surface area contributed by atoms with Crippen LogP contribution in [-0.2, 0) is 0 Å². The van der Waals surface area contributed by atoms with Crippen molar-refractivity contribution >= 4 is 35.0 Å². The van der Waals surface area contributed by atoms with Crippen LogP contribution in [0.1, 0.15) is 34.1 Å². The molecule has 2 aromatic carbocycles. The minimum Gasteiger partial charge on any atom is -0.124 e. The van der Waals surface area contributed by atoms with Gasteiger partial charge in [-0.3, -0.25) is 0 Å². The average Bonchev–Trinajstić information content (AvgIpc) is 2.47. The van der Waals surface area contributed by atoms with E-state index in [-0.39, 0.29) is 10.8 Å². The minimum atomic E-state index is -0.0236. The number of hydrogen-bond acceptors (Lipinski definition) is 1. The molecule has 0 amide bonds. The van der Waals surface area contributed by atoms with E-state index < -0.39 is 0 Å². The van der Waals surface area contributed by atoms with Gasteiger partial charge in [-0.1, -0.05) is 48.0 Å². The van der Waals surface area contributed by atoms with Crippen LogP contribution in [0.2, 0.25) is 0 Å². The van der Waals surface area contributed by atoms with Crippen molar-refractivity contribution in [3.63, 3.8) is 0 Å². The minimum absolute atomic E-state index is 0.0236. The van der Waals surface area contributed by atoms with Crippen LogP contribution in [-0.4, -0.2) is 11.1 Å². The van der Waals surface area contributed by atoms with Crippen molar-refractivity contribution < 1.29 is 0 Å². The van der Waals surface area contributed by atoms with Gasteiger partial charge in [-0.2, -0.15) is 0 Å². The first-order valence-corrected chi connectivity index (χ1v) is 9.37. The second kappa shape index (κ2) is 8.29. The fraction of sp³-hybridized carbons (Fsp3) is 0.368. The molecule has 3 heteroatoms. The summed E-state index contributed by atoms with van der Waals surface area (Å²) >= 11 is 14.8. The Morgan fingerprint density at radius 2 is 1.55 bits per heavy atom. The van der Waals surface area contributed by atoms with Crippen LogP contribution in [0.15, 0.2) is 47.4 Å². The number of hydrogen-bond donors (Lipinski definition) is 0. The topological polar surface area (TPSA) is 0 Å². The predicted octanol–water partition coefficient (Wildman–Crippen LogP) is 6.68. The third kappa shape index (κ3) is 4.94. The number of halogens is 2. The maximum Gasteiger partial charge on any atom is 0.0599 e. The quantitative estimate of drug-likeness (QED) is 0.412. The molecule has 0 aromatic heterocycles. The smallest absolute Gasteiger partial charge is 0.0599 e. The van der Waals surface area contributed by atoms with Crippen LogP contribution in [0.4, 0.5) is 0 Å². The van der Waals surface area contributed by atoms with Crippen LogP contribution < -0.4 is 0 Å². The van der Waals surface area contributed by atoms with Crippen molar-refractivity contribution in [2.45, 2.75) is 42.8 Å². The fourth-order valence-electron chi connectivity index (χ4n) is 2.66. The lowest BCUT2D eigenvalue weighted by atomic mass is 10.1. The molecule has 0 saturated heterocycles. The Hall–Kier alpha value is -0.630. The molecular weight excluding hydrogens is 331 g/mol. The second-order valence-electron chi connectivity index (χ2n) is 5.75. The van der Waals surface area contributed by atoms with E-state index in [1.54, 1.807) is 0 Å². The van der Waals surface area contributed by atoms with Crippen molar-refractivity contribution in [2.75, 3.05) is 5.75 Å². The highest BCUT2D eigenvalue weighted by molar-refractivity contribution is 7.99. The van der Waals surface area contributed by atoms with Gasteiger partial charge in [0.2, 0.25) is 0 Å². The van der Waals surface area contributed by atoms with Gasteiger partial charge in [-0.15, -0.1) is 35.0 Å². The van der Waals surface area contributed by atoms with E-state index in [0.29, 0.717) is 0 Å². The highest BCUT2D eigenvalue weighted by atomic mass is 35.5. The SMILES string of the molecule is Cc1cc(C)c(SCC(Cl)CC(Cl)c2ccccc2)c(C)c1. The van der Waals surface area contributed by atoms with Gasteiger partial charge >= 0.3 is 0 Å². The molecule has 2 unspecified atom stereocenters. The molecule has 0 radical (unpaired) electrons. The summed E-state index contributed by atoms with van der Waals surface area (Å²) in [5, 5.41) is 0.0392. The monoisotopic (exact) mass is 352 g/mol. The lowest BCUT2D eigenvalue weighted by Crippen LogP contribution is -2.07. The van der Waals surface area contributed by atoms with Crippen molar-refractivity contribution in [1.29, 1.82) is 0 Å². The van der Waals surface area contributed by atoms with Crippen LogP contribution >= 0.6 is 35.0 Å². The molecule has 0 aliphatic rings. The maximum absolute atomic E-state index is 6.51. The highest BCUT2D eigenvalue weighted by Crippen LogP contribution is 2.33. The summed E-state index contributed by atoms with van der Waals surface area (Å²) in [7, 11) is 0. The van der Waals surface area contributed by atoms with Crippen molar-refractivity contribution in [2.24, 2.45) is 0 Å². The Kier molecular flexibility index (Phi) is 6.67. The Morgan fingerprint density at radius 1 is 0.955 bits per heavy atom. The van der Waals surface area contributed by atoms with Crippen LogP contribution in [0.3, 0.4) is 0 Å². The van der Waals surface area contributed by atoms with E-state index >= 15 is 0 Å². The first-order chi connectivity index (χ1) is 10.5. The highest BCUT2D eigenvalue weighted by Gasteiger charge is 2.15. The van der Waals surface area contributed by atoms with Gasteiger partial charge in [0.25, 0.3) is 0 Å². The molecule has 2 atom stereocenters. The number of thioether (sulfide) groups is 1. The number of rotatable bonds is 6. The molecule has 0 aliphatic carbocycles. The Balaban J connectivity index is 1.92. The maximum atomic E-state index is 6.51. The van der Waals surface area contributed by atoms with Crippen LogP contribution in [0.25, 0.3) is 0 Å². The second-order valence-corrected chi connectivity index (χ2v) is 7.92. The Labute approximate surface area is 148 Å². The standard InChI is InChI=1S/C19H22Cl2S/c1-13-9-14(2)19(15(3)10-13)22-12-17(20)11-18(21)16-7-5-4-6-8-16/h4-10,17-18H,11-12H2,1-3H3. The number of aryl methyl sites for hydroxylation is 3. The molecule has 0 aliphatic heterocycles. The van der Waals surface area contributed by atoms with Crippen molar-refractivity contribution in [3.8, 4) is 0 Å². The van der Waals surface area contributed by atoms with E-state index in [4.69, 9.17) is 23.2 Å². The van der Waals surface area contributed by atoms with Gasteiger partial charge < -0.3 is 0 Å². The van der Waals surface area contributed by atoms with Gasteiger partial charge in [-0.05, 0) is 43.9 Å². The molecule has 22 heavy (non-hydrogen) atoms. The molecule has 2 rings (SSSR count). The molecule has 0 heterocycles. The third-order valence-electron chi connectivity index (χ3n) is 3.64. The van der Waals surface area contributed by atoms with E-state index in [1.807, 2.05) is 30.0 Å².